The van der Waals surface area contributed by atoms with Gasteiger partial charge < -0.3 is 23.8 Å². The van der Waals surface area contributed by atoms with E-state index < -0.39 is 0 Å². The Hall–Kier alpha value is -3.78. The molecule has 0 aliphatic carbocycles. The molecule has 0 unspecified atom stereocenters. The summed E-state index contributed by atoms with van der Waals surface area (Å²) in [4.78, 5) is 20.0. The predicted molar refractivity (Wildman–Crippen MR) is 136 cm³/mol. The average Bonchev–Trinajstić information content (AvgIpc) is 3.20. The van der Waals surface area contributed by atoms with Gasteiger partial charge in [-0.25, -0.2) is 4.98 Å². The summed E-state index contributed by atoms with van der Waals surface area (Å²) < 4.78 is 23.6. The summed E-state index contributed by atoms with van der Waals surface area (Å²) in [5.41, 5.74) is 3.57. The molecule has 5 rings (SSSR count). The van der Waals surface area contributed by atoms with E-state index in [9.17, 15) is 4.79 Å². The van der Waals surface area contributed by atoms with E-state index in [1.807, 2.05) is 53.4 Å². The van der Waals surface area contributed by atoms with Crippen LogP contribution in [0, 0.1) is 0 Å². The van der Waals surface area contributed by atoms with E-state index in [0.717, 1.165) is 31.9 Å². The Kier molecular flexibility index (Phi) is 6.46. The molecule has 7 nitrogen and oxygen atoms in total. The molecule has 3 aromatic carbocycles. The molecule has 0 radical (unpaired) electrons. The molecule has 4 aromatic rings. The largest absolute Gasteiger partial charge is 0.497 e. The highest BCUT2D eigenvalue weighted by Gasteiger charge is 2.25. The van der Waals surface area contributed by atoms with Crippen LogP contribution in [0.1, 0.15) is 11.1 Å². The van der Waals surface area contributed by atoms with Crippen molar-refractivity contribution in [2.24, 2.45) is 0 Å². The number of thiazole rings is 1. The van der Waals surface area contributed by atoms with Crippen molar-refractivity contribution in [2.75, 3.05) is 34.5 Å². The van der Waals surface area contributed by atoms with Crippen LogP contribution in [-0.4, -0.2) is 50.3 Å². The van der Waals surface area contributed by atoms with Crippen LogP contribution in [0.15, 0.2) is 54.6 Å². The van der Waals surface area contributed by atoms with Crippen LogP contribution in [0.4, 0.5) is 0 Å². The van der Waals surface area contributed by atoms with Crippen LogP contribution in [0.25, 0.3) is 20.8 Å². The first kappa shape index (κ1) is 23.0. The van der Waals surface area contributed by atoms with Gasteiger partial charge in [0.05, 0.1) is 44.5 Å². The molecule has 0 saturated heterocycles. The molecule has 0 N–H and O–H groups in total. The summed E-state index contributed by atoms with van der Waals surface area (Å²) in [7, 11) is 4.83. The van der Waals surface area contributed by atoms with Crippen LogP contribution < -0.4 is 18.9 Å². The number of ether oxygens (including phenoxy) is 4. The molecule has 1 aromatic heterocycles. The molecular weight excluding hydrogens is 464 g/mol. The second-order valence-corrected chi connectivity index (χ2v) is 9.20. The molecule has 0 saturated carbocycles. The standard InChI is InChI=1S/C27H26N2O5S/c1-31-20-8-9-22(32-2)17(13-20)15-25(30)29-10-11-34-26-19(16-29)12-18(14-23(26)33-3)27-28-21-6-4-5-7-24(21)35-27/h4-9,12-14H,10-11,15-16H2,1-3H3. The van der Waals surface area contributed by atoms with Crippen LogP contribution in [0.5, 0.6) is 23.0 Å². The molecule has 2 heterocycles. The number of carbonyl (C=O) groups is 1. The highest BCUT2D eigenvalue weighted by atomic mass is 32.1. The van der Waals surface area contributed by atoms with Gasteiger partial charge in [-0.3, -0.25) is 4.79 Å². The average molecular weight is 491 g/mol. The highest BCUT2D eigenvalue weighted by molar-refractivity contribution is 7.21. The number of para-hydroxylation sites is 1. The molecule has 8 heteroatoms. The van der Waals surface area contributed by atoms with Crippen LogP contribution in [-0.2, 0) is 17.8 Å². The van der Waals surface area contributed by atoms with E-state index in [4.69, 9.17) is 23.9 Å². The number of nitrogens with zero attached hydrogens (tertiary/aromatic N) is 2. The van der Waals surface area contributed by atoms with Gasteiger partial charge >= 0.3 is 0 Å². The van der Waals surface area contributed by atoms with Gasteiger partial charge in [0, 0.05) is 23.2 Å². The van der Waals surface area contributed by atoms with Crippen LogP contribution in [0.3, 0.4) is 0 Å². The quantitative estimate of drug-likeness (QED) is 0.381. The minimum Gasteiger partial charge on any atom is -0.497 e. The SMILES string of the molecule is COc1ccc(OC)c(CC(=O)N2CCOc3c(cc(-c4nc5ccccc5s4)cc3OC)C2)c1. The third-order valence-electron chi connectivity index (χ3n) is 6.04. The van der Waals surface area contributed by atoms with Gasteiger partial charge in [0.25, 0.3) is 0 Å². The zero-order valence-electron chi connectivity index (χ0n) is 19.9. The number of benzene rings is 3. The van der Waals surface area contributed by atoms with Crippen molar-refractivity contribution >= 4 is 27.5 Å². The molecule has 180 valence electrons. The lowest BCUT2D eigenvalue weighted by atomic mass is 10.1. The monoisotopic (exact) mass is 490 g/mol. The summed E-state index contributed by atoms with van der Waals surface area (Å²) in [6, 6.07) is 17.5. The number of rotatable bonds is 6. The Balaban J connectivity index is 1.45. The third kappa shape index (κ3) is 4.61. The fraction of sp³-hybridized carbons (Fsp3) is 0.259. The van der Waals surface area contributed by atoms with E-state index in [0.29, 0.717) is 42.7 Å². The first-order chi connectivity index (χ1) is 17.1. The number of hydrogen-bond acceptors (Lipinski definition) is 7. The normalized spacial score (nSPS) is 13.1. The topological polar surface area (TPSA) is 70.1 Å². The molecule has 1 amide bonds. The number of aromatic nitrogens is 1. The molecular formula is C27H26N2O5S. The number of carbonyl (C=O) groups excluding carboxylic acids is 1. The highest BCUT2D eigenvalue weighted by Crippen LogP contribution is 2.40. The number of hydrogen-bond donors (Lipinski definition) is 0. The summed E-state index contributed by atoms with van der Waals surface area (Å²) in [5, 5.41) is 0.899. The lowest BCUT2D eigenvalue weighted by Gasteiger charge is -2.21. The maximum atomic E-state index is 13.4. The van der Waals surface area contributed by atoms with Gasteiger partial charge in [0.2, 0.25) is 5.91 Å². The molecule has 35 heavy (non-hydrogen) atoms. The minimum absolute atomic E-state index is 0.0163. The minimum atomic E-state index is -0.0163. The van der Waals surface area contributed by atoms with E-state index >= 15 is 0 Å². The van der Waals surface area contributed by atoms with Crippen molar-refractivity contribution in [3.63, 3.8) is 0 Å². The first-order valence-electron chi connectivity index (χ1n) is 11.3. The van der Waals surface area contributed by atoms with Crippen molar-refractivity contribution < 1.29 is 23.7 Å². The number of amides is 1. The Morgan fingerprint density at radius 2 is 1.86 bits per heavy atom. The van der Waals surface area contributed by atoms with Crippen LogP contribution in [0.2, 0.25) is 0 Å². The van der Waals surface area contributed by atoms with Gasteiger partial charge in [-0.1, -0.05) is 12.1 Å². The third-order valence-corrected chi connectivity index (χ3v) is 7.13. The number of methoxy groups -OCH3 is 3. The molecule has 1 aliphatic rings. The van der Waals surface area contributed by atoms with Gasteiger partial charge in [-0.2, -0.15) is 0 Å². The Labute approximate surface area is 207 Å². The first-order valence-corrected chi connectivity index (χ1v) is 12.1. The fourth-order valence-corrected chi connectivity index (χ4v) is 5.22. The predicted octanol–water partition coefficient (Wildman–Crippen LogP) is 4.95. The second-order valence-electron chi connectivity index (χ2n) is 8.17. The summed E-state index contributed by atoms with van der Waals surface area (Å²) in [6.07, 6.45) is 0.199. The zero-order chi connectivity index (χ0) is 24.4. The van der Waals surface area contributed by atoms with Crippen molar-refractivity contribution in [1.82, 2.24) is 9.88 Å². The lowest BCUT2D eigenvalue weighted by molar-refractivity contribution is -0.131. The van der Waals surface area contributed by atoms with E-state index in [1.54, 1.807) is 32.7 Å². The number of fused-ring (bicyclic) bond motifs is 2. The fourth-order valence-electron chi connectivity index (χ4n) is 4.26. The molecule has 0 fully saturated rings. The zero-order valence-corrected chi connectivity index (χ0v) is 20.7. The second kappa shape index (κ2) is 9.84. The smallest absolute Gasteiger partial charge is 0.227 e. The van der Waals surface area contributed by atoms with Crippen molar-refractivity contribution in [3.8, 4) is 33.6 Å². The summed E-state index contributed by atoms with van der Waals surface area (Å²) in [5.74, 6) is 2.64. The van der Waals surface area contributed by atoms with Gasteiger partial charge in [-0.15, -0.1) is 11.3 Å². The Morgan fingerprint density at radius 3 is 2.63 bits per heavy atom. The molecule has 0 bridgehead atoms. The van der Waals surface area contributed by atoms with Gasteiger partial charge in [-0.05, 0) is 42.5 Å². The van der Waals surface area contributed by atoms with Crippen molar-refractivity contribution in [3.05, 3.63) is 65.7 Å². The Morgan fingerprint density at radius 1 is 1.03 bits per heavy atom. The molecule has 0 spiro atoms. The lowest BCUT2D eigenvalue weighted by Crippen LogP contribution is -2.33. The maximum Gasteiger partial charge on any atom is 0.227 e. The van der Waals surface area contributed by atoms with Gasteiger partial charge in [0.1, 0.15) is 23.1 Å². The van der Waals surface area contributed by atoms with E-state index in [-0.39, 0.29) is 12.3 Å². The molecule has 1 aliphatic heterocycles. The molecule has 0 atom stereocenters. The summed E-state index contributed by atoms with van der Waals surface area (Å²) in [6.45, 7) is 1.26. The van der Waals surface area contributed by atoms with Crippen LogP contribution >= 0.6 is 11.3 Å². The van der Waals surface area contributed by atoms with Crippen molar-refractivity contribution in [1.29, 1.82) is 0 Å². The van der Waals surface area contributed by atoms with E-state index in [2.05, 4.69) is 6.07 Å². The van der Waals surface area contributed by atoms with Crippen molar-refractivity contribution in [2.45, 2.75) is 13.0 Å². The van der Waals surface area contributed by atoms with Gasteiger partial charge in [0.15, 0.2) is 11.5 Å². The summed E-state index contributed by atoms with van der Waals surface area (Å²) >= 11 is 1.63. The van der Waals surface area contributed by atoms with E-state index in [1.165, 1.54) is 0 Å². The Bertz CT molecular complexity index is 1350. The maximum absolute atomic E-state index is 13.4.